The van der Waals surface area contributed by atoms with E-state index in [2.05, 4.69) is 0 Å². The maximum atomic E-state index is 12.4. The molecule has 0 saturated heterocycles. The maximum absolute atomic E-state index is 12.4. The predicted molar refractivity (Wildman–Crippen MR) is 83.3 cm³/mol. The summed E-state index contributed by atoms with van der Waals surface area (Å²) in [6.45, 7) is 5.29. The SMILES string of the molecule is Cc1cc(OC(=O)C(C)C)cc2c1C(=O)/C(=C/c1ccco1)O2. The van der Waals surface area contributed by atoms with Crippen LogP contribution in [-0.4, -0.2) is 11.8 Å². The lowest BCUT2D eigenvalue weighted by atomic mass is 10.0. The fourth-order valence-corrected chi connectivity index (χ4v) is 2.27. The van der Waals surface area contributed by atoms with Crippen LogP contribution in [0.2, 0.25) is 0 Å². The molecule has 5 nitrogen and oxygen atoms in total. The Balaban J connectivity index is 1.93. The first-order valence-electron chi connectivity index (χ1n) is 7.30. The number of aryl methyl sites for hydroxylation is 1. The number of rotatable bonds is 3. The Labute approximate surface area is 133 Å². The molecule has 2 heterocycles. The maximum Gasteiger partial charge on any atom is 0.313 e. The van der Waals surface area contributed by atoms with Gasteiger partial charge in [-0.1, -0.05) is 13.8 Å². The van der Waals surface area contributed by atoms with Crippen molar-refractivity contribution < 1.29 is 23.5 Å². The van der Waals surface area contributed by atoms with Gasteiger partial charge >= 0.3 is 5.97 Å². The molecule has 1 aromatic heterocycles. The number of ether oxygens (including phenoxy) is 2. The Hall–Kier alpha value is -2.82. The second-order valence-electron chi connectivity index (χ2n) is 5.64. The number of benzene rings is 1. The molecule has 0 amide bonds. The molecule has 0 bridgehead atoms. The van der Waals surface area contributed by atoms with Gasteiger partial charge in [-0.3, -0.25) is 9.59 Å². The number of hydrogen-bond acceptors (Lipinski definition) is 5. The summed E-state index contributed by atoms with van der Waals surface area (Å²) in [6.07, 6.45) is 3.06. The molecule has 1 aliphatic rings. The van der Waals surface area contributed by atoms with Gasteiger partial charge in [-0.05, 0) is 30.7 Å². The van der Waals surface area contributed by atoms with E-state index in [1.165, 1.54) is 6.26 Å². The van der Waals surface area contributed by atoms with Crippen LogP contribution in [0.4, 0.5) is 0 Å². The largest absolute Gasteiger partial charge is 0.465 e. The Morgan fingerprint density at radius 3 is 2.74 bits per heavy atom. The third kappa shape index (κ3) is 2.90. The lowest BCUT2D eigenvalue weighted by Crippen LogP contribution is -2.14. The number of carbonyl (C=O) groups is 2. The van der Waals surface area contributed by atoms with Crippen LogP contribution in [0.15, 0.2) is 40.7 Å². The molecule has 118 valence electrons. The average molecular weight is 312 g/mol. The van der Waals surface area contributed by atoms with Crippen molar-refractivity contribution in [2.45, 2.75) is 20.8 Å². The van der Waals surface area contributed by atoms with Crippen LogP contribution in [0.25, 0.3) is 6.08 Å². The minimum Gasteiger partial charge on any atom is -0.465 e. The van der Waals surface area contributed by atoms with E-state index in [1.807, 2.05) is 0 Å². The van der Waals surface area contributed by atoms with Crippen LogP contribution in [-0.2, 0) is 4.79 Å². The number of esters is 1. The molecule has 0 atom stereocenters. The molecule has 0 unspecified atom stereocenters. The highest BCUT2D eigenvalue weighted by atomic mass is 16.5. The van der Waals surface area contributed by atoms with E-state index in [9.17, 15) is 9.59 Å². The normalized spacial score (nSPS) is 15.0. The van der Waals surface area contributed by atoms with Gasteiger partial charge in [0.1, 0.15) is 17.3 Å². The number of carbonyl (C=O) groups excluding carboxylic acids is 2. The van der Waals surface area contributed by atoms with Crippen molar-refractivity contribution in [1.29, 1.82) is 0 Å². The zero-order chi connectivity index (χ0) is 16.6. The molecule has 0 radical (unpaired) electrons. The fourth-order valence-electron chi connectivity index (χ4n) is 2.27. The number of fused-ring (bicyclic) bond motifs is 1. The Bertz CT molecular complexity index is 797. The second kappa shape index (κ2) is 5.76. The molecule has 2 aromatic rings. The standard InChI is InChI=1S/C18H16O5/c1-10(2)18(20)22-13-7-11(3)16-14(9-13)23-15(17(16)19)8-12-5-4-6-21-12/h4-10H,1-3H3/b15-8-. The minimum absolute atomic E-state index is 0.186. The molecule has 23 heavy (non-hydrogen) atoms. The molecule has 0 saturated carbocycles. The molecular formula is C18H16O5. The van der Waals surface area contributed by atoms with Crippen LogP contribution in [0.5, 0.6) is 11.5 Å². The van der Waals surface area contributed by atoms with Gasteiger partial charge in [-0.15, -0.1) is 0 Å². The Kier molecular flexibility index (Phi) is 3.78. The first-order chi connectivity index (χ1) is 11.0. The van der Waals surface area contributed by atoms with E-state index in [0.29, 0.717) is 28.4 Å². The van der Waals surface area contributed by atoms with Crippen molar-refractivity contribution in [3.05, 3.63) is 53.2 Å². The zero-order valence-electron chi connectivity index (χ0n) is 13.1. The zero-order valence-corrected chi connectivity index (χ0v) is 13.1. The highest BCUT2D eigenvalue weighted by Crippen LogP contribution is 2.37. The molecule has 1 aliphatic heterocycles. The van der Waals surface area contributed by atoms with E-state index in [0.717, 1.165) is 0 Å². The summed E-state index contributed by atoms with van der Waals surface area (Å²) < 4.78 is 16.1. The summed E-state index contributed by atoms with van der Waals surface area (Å²) in [4.78, 5) is 24.2. The molecule has 0 fully saturated rings. The number of ketones is 1. The van der Waals surface area contributed by atoms with Crippen molar-refractivity contribution in [1.82, 2.24) is 0 Å². The van der Waals surface area contributed by atoms with Crippen molar-refractivity contribution >= 4 is 17.8 Å². The predicted octanol–water partition coefficient (Wildman–Crippen LogP) is 3.77. The summed E-state index contributed by atoms with van der Waals surface area (Å²) in [5.41, 5.74) is 1.18. The molecule has 0 aliphatic carbocycles. The first-order valence-corrected chi connectivity index (χ1v) is 7.30. The summed E-state index contributed by atoms with van der Waals surface area (Å²) in [5.74, 6) is 0.693. The molecule has 0 N–H and O–H groups in total. The molecule has 0 spiro atoms. The smallest absolute Gasteiger partial charge is 0.313 e. The van der Waals surface area contributed by atoms with Gasteiger partial charge in [-0.2, -0.15) is 0 Å². The van der Waals surface area contributed by atoms with Gasteiger partial charge in [0.05, 0.1) is 17.7 Å². The van der Waals surface area contributed by atoms with Gasteiger partial charge in [0.15, 0.2) is 5.76 Å². The fraction of sp³-hybridized carbons (Fsp3) is 0.222. The summed E-state index contributed by atoms with van der Waals surface area (Å²) in [7, 11) is 0. The van der Waals surface area contributed by atoms with Gasteiger partial charge in [0, 0.05) is 12.1 Å². The van der Waals surface area contributed by atoms with E-state index in [1.54, 1.807) is 51.1 Å². The molecule has 1 aromatic carbocycles. The number of allylic oxidation sites excluding steroid dienone is 1. The van der Waals surface area contributed by atoms with Crippen molar-refractivity contribution in [2.75, 3.05) is 0 Å². The van der Waals surface area contributed by atoms with Crippen LogP contribution >= 0.6 is 0 Å². The van der Waals surface area contributed by atoms with Crippen LogP contribution in [0, 0.1) is 12.8 Å². The average Bonchev–Trinajstić information content (AvgIpc) is 3.08. The summed E-state index contributed by atoms with van der Waals surface area (Å²) in [6, 6.07) is 6.68. The Morgan fingerprint density at radius 1 is 1.30 bits per heavy atom. The summed E-state index contributed by atoms with van der Waals surface area (Å²) in [5, 5.41) is 0. The van der Waals surface area contributed by atoms with Crippen molar-refractivity contribution in [2.24, 2.45) is 5.92 Å². The van der Waals surface area contributed by atoms with E-state index >= 15 is 0 Å². The van der Waals surface area contributed by atoms with E-state index in [4.69, 9.17) is 13.9 Å². The number of hydrogen-bond donors (Lipinski definition) is 0. The van der Waals surface area contributed by atoms with Gasteiger partial charge in [-0.25, -0.2) is 0 Å². The monoisotopic (exact) mass is 312 g/mol. The third-order valence-electron chi connectivity index (χ3n) is 3.45. The lowest BCUT2D eigenvalue weighted by Gasteiger charge is -2.09. The second-order valence-corrected chi connectivity index (χ2v) is 5.64. The molecular weight excluding hydrogens is 296 g/mol. The van der Waals surface area contributed by atoms with Crippen LogP contribution in [0.1, 0.15) is 35.5 Å². The van der Waals surface area contributed by atoms with Crippen molar-refractivity contribution in [3.63, 3.8) is 0 Å². The topological polar surface area (TPSA) is 65.7 Å². The lowest BCUT2D eigenvalue weighted by molar-refractivity contribution is -0.137. The van der Waals surface area contributed by atoms with Crippen LogP contribution < -0.4 is 9.47 Å². The van der Waals surface area contributed by atoms with Gasteiger partial charge in [0.2, 0.25) is 5.78 Å². The third-order valence-corrected chi connectivity index (χ3v) is 3.45. The Morgan fingerprint density at radius 2 is 2.09 bits per heavy atom. The highest BCUT2D eigenvalue weighted by molar-refractivity contribution is 6.15. The van der Waals surface area contributed by atoms with Gasteiger partial charge < -0.3 is 13.9 Å². The quantitative estimate of drug-likeness (QED) is 0.490. The summed E-state index contributed by atoms with van der Waals surface area (Å²) >= 11 is 0. The van der Waals surface area contributed by atoms with Crippen LogP contribution in [0.3, 0.4) is 0 Å². The van der Waals surface area contributed by atoms with Crippen molar-refractivity contribution in [3.8, 4) is 11.5 Å². The minimum atomic E-state index is -0.333. The van der Waals surface area contributed by atoms with E-state index in [-0.39, 0.29) is 23.4 Å². The molecule has 5 heteroatoms. The number of furan rings is 1. The van der Waals surface area contributed by atoms with E-state index < -0.39 is 0 Å². The van der Waals surface area contributed by atoms with Gasteiger partial charge in [0.25, 0.3) is 0 Å². The first kappa shape index (κ1) is 15.1. The highest BCUT2D eigenvalue weighted by Gasteiger charge is 2.30. The number of Topliss-reactive ketones (excluding diaryl/α,β-unsaturated/α-hetero) is 1. The molecule has 3 rings (SSSR count).